The van der Waals surface area contributed by atoms with E-state index in [1.165, 1.54) is 0 Å². The lowest BCUT2D eigenvalue weighted by Crippen LogP contribution is -2.47. The maximum atomic E-state index is 14.2. The van der Waals surface area contributed by atoms with Crippen molar-refractivity contribution in [3.8, 4) is 5.75 Å². The molecule has 4 atom stereocenters. The van der Waals surface area contributed by atoms with E-state index in [2.05, 4.69) is 22.5 Å². The van der Waals surface area contributed by atoms with Crippen LogP contribution in [0.2, 0.25) is 10.0 Å². The van der Waals surface area contributed by atoms with Crippen LogP contribution in [0.15, 0.2) is 36.4 Å². The average molecular weight is 652 g/mol. The third-order valence-electron chi connectivity index (χ3n) is 7.66. The summed E-state index contributed by atoms with van der Waals surface area (Å²) >= 11 is 12.4. The number of amides is 3. The highest BCUT2D eigenvalue weighted by molar-refractivity contribution is 6.42. The molecule has 1 aliphatic rings. The predicted octanol–water partition coefficient (Wildman–Crippen LogP) is 6.45. The number of nitrogens with one attached hydrogen (secondary N) is 2. The Morgan fingerprint density at radius 3 is 2.55 bits per heavy atom. The molecule has 0 bridgehead atoms. The first-order valence-corrected chi connectivity index (χ1v) is 16.2. The molecular formula is C33H48Cl2N4O5. The first-order valence-electron chi connectivity index (χ1n) is 15.4. The van der Waals surface area contributed by atoms with Gasteiger partial charge in [-0.2, -0.15) is 0 Å². The fourth-order valence-electron chi connectivity index (χ4n) is 5.21. The Bertz CT molecular complexity index is 1250. The number of urea groups is 1. The van der Waals surface area contributed by atoms with Gasteiger partial charge in [0.2, 0.25) is 0 Å². The molecule has 0 saturated heterocycles. The summed E-state index contributed by atoms with van der Waals surface area (Å²) < 4.78 is 12.7. The second-order valence-electron chi connectivity index (χ2n) is 12.2. The molecule has 1 aliphatic heterocycles. The van der Waals surface area contributed by atoms with E-state index < -0.39 is 6.04 Å². The molecule has 0 saturated carbocycles. The van der Waals surface area contributed by atoms with E-state index in [1.54, 1.807) is 29.2 Å². The van der Waals surface area contributed by atoms with Crippen molar-refractivity contribution >= 4 is 40.8 Å². The van der Waals surface area contributed by atoms with Crippen molar-refractivity contribution in [2.24, 2.45) is 5.92 Å². The van der Waals surface area contributed by atoms with Crippen molar-refractivity contribution in [3.05, 3.63) is 57.6 Å². The molecule has 3 N–H and O–H groups in total. The zero-order valence-electron chi connectivity index (χ0n) is 26.7. The fourth-order valence-corrected chi connectivity index (χ4v) is 5.53. The summed E-state index contributed by atoms with van der Waals surface area (Å²) in [6.07, 6.45) is 2.27. The molecule has 1 heterocycles. The number of aliphatic hydroxyl groups excluding tert-OH is 1. The van der Waals surface area contributed by atoms with Crippen LogP contribution in [0.3, 0.4) is 0 Å². The summed E-state index contributed by atoms with van der Waals surface area (Å²) in [6, 6.07) is 9.89. The van der Waals surface area contributed by atoms with Crippen LogP contribution < -0.4 is 15.4 Å². The van der Waals surface area contributed by atoms with E-state index in [0.29, 0.717) is 53.3 Å². The van der Waals surface area contributed by atoms with E-state index in [1.807, 2.05) is 46.9 Å². The summed E-state index contributed by atoms with van der Waals surface area (Å²) in [4.78, 5) is 30.5. The van der Waals surface area contributed by atoms with E-state index >= 15 is 0 Å². The summed E-state index contributed by atoms with van der Waals surface area (Å²) in [5.74, 6) is 0.105. The highest BCUT2D eigenvalue weighted by atomic mass is 35.5. The molecule has 2 aromatic rings. The van der Waals surface area contributed by atoms with Gasteiger partial charge in [-0.1, -0.05) is 36.2 Å². The highest BCUT2D eigenvalue weighted by Gasteiger charge is 2.30. The minimum atomic E-state index is -0.460. The van der Waals surface area contributed by atoms with Crippen molar-refractivity contribution < 1.29 is 24.2 Å². The van der Waals surface area contributed by atoms with Gasteiger partial charge in [-0.05, 0) is 89.9 Å². The quantitative estimate of drug-likeness (QED) is 0.303. The third kappa shape index (κ3) is 10.8. The minimum Gasteiger partial charge on any atom is -0.490 e. The van der Waals surface area contributed by atoms with E-state index in [0.717, 1.165) is 24.8 Å². The number of hydrogen-bond donors (Lipinski definition) is 3. The average Bonchev–Trinajstić information content (AvgIpc) is 2.96. The van der Waals surface area contributed by atoms with Crippen molar-refractivity contribution in [1.82, 2.24) is 15.1 Å². The number of likely N-dealkylation sites (N-methyl/N-ethyl adjacent to an activating group) is 1. The molecule has 3 rings (SSSR count). The smallest absolute Gasteiger partial charge is 0.319 e. The Balaban J connectivity index is 1.90. The summed E-state index contributed by atoms with van der Waals surface area (Å²) in [6.45, 7) is 11.7. The van der Waals surface area contributed by atoms with Crippen LogP contribution in [0.5, 0.6) is 5.75 Å². The molecule has 11 heteroatoms. The first kappa shape index (κ1) is 35.9. The van der Waals surface area contributed by atoms with Gasteiger partial charge >= 0.3 is 6.03 Å². The summed E-state index contributed by atoms with van der Waals surface area (Å²) in [5.41, 5.74) is 1.85. The molecular weight excluding hydrogens is 603 g/mol. The second-order valence-corrected chi connectivity index (χ2v) is 13.0. The zero-order chi connectivity index (χ0) is 32.4. The van der Waals surface area contributed by atoms with Gasteiger partial charge in [0.25, 0.3) is 5.91 Å². The lowest BCUT2D eigenvalue weighted by Gasteiger charge is -2.36. The second kappa shape index (κ2) is 17.2. The largest absolute Gasteiger partial charge is 0.490 e. The Kier molecular flexibility index (Phi) is 14.1. The molecule has 0 spiro atoms. The Hall–Kier alpha value is -2.56. The number of benzene rings is 2. The Labute approximate surface area is 272 Å². The van der Waals surface area contributed by atoms with E-state index in [-0.39, 0.29) is 42.7 Å². The number of hydrogen-bond acceptors (Lipinski definition) is 6. The summed E-state index contributed by atoms with van der Waals surface area (Å²) in [7, 11) is 2.03. The SMILES string of the molecule is CC(C)NC(=O)Nc1ccc2c(c1)C(=O)N([C@@H](C)CO)C[C@@H](C)[C@@H](CN(C)Cc1ccc(Cl)c(Cl)c1)OCCCC[C@@H](C)O2. The molecule has 0 aromatic heterocycles. The fraction of sp³-hybridized carbons (Fsp3) is 0.576. The van der Waals surface area contributed by atoms with Crippen molar-refractivity contribution in [3.63, 3.8) is 0 Å². The Morgan fingerprint density at radius 2 is 1.86 bits per heavy atom. The minimum absolute atomic E-state index is 0.0429. The van der Waals surface area contributed by atoms with Gasteiger partial charge in [0.15, 0.2) is 0 Å². The number of rotatable bonds is 8. The number of nitrogens with zero attached hydrogens (tertiary/aromatic N) is 2. The predicted molar refractivity (Wildman–Crippen MR) is 177 cm³/mol. The molecule has 0 fully saturated rings. The van der Waals surface area contributed by atoms with Crippen LogP contribution in [0.1, 0.15) is 69.8 Å². The number of carbonyl (C=O) groups excluding carboxylic acids is 2. The number of fused-ring (bicyclic) bond motifs is 1. The number of carbonyl (C=O) groups is 2. The van der Waals surface area contributed by atoms with Crippen molar-refractivity contribution in [1.29, 1.82) is 0 Å². The monoisotopic (exact) mass is 650 g/mol. The molecule has 0 unspecified atom stereocenters. The number of ether oxygens (including phenoxy) is 2. The first-order chi connectivity index (χ1) is 20.9. The normalized spacial score (nSPS) is 20.9. The molecule has 244 valence electrons. The zero-order valence-corrected chi connectivity index (χ0v) is 28.3. The van der Waals surface area contributed by atoms with Crippen LogP contribution in [-0.4, -0.2) is 84.5 Å². The topological polar surface area (TPSA) is 103 Å². The molecule has 0 radical (unpaired) electrons. The molecule has 2 aromatic carbocycles. The molecule has 44 heavy (non-hydrogen) atoms. The van der Waals surface area contributed by atoms with Crippen LogP contribution >= 0.6 is 23.2 Å². The Morgan fingerprint density at radius 1 is 1.11 bits per heavy atom. The number of halogens is 2. The van der Waals surface area contributed by atoms with Gasteiger partial charge in [-0.15, -0.1) is 0 Å². The molecule has 0 aliphatic carbocycles. The van der Waals surface area contributed by atoms with Gasteiger partial charge in [0, 0.05) is 43.9 Å². The van der Waals surface area contributed by atoms with Crippen LogP contribution in [0.25, 0.3) is 0 Å². The van der Waals surface area contributed by atoms with Crippen LogP contribution in [0, 0.1) is 5.92 Å². The van der Waals surface area contributed by atoms with Crippen molar-refractivity contribution in [2.45, 2.75) is 84.7 Å². The van der Waals surface area contributed by atoms with Gasteiger partial charge in [0.05, 0.1) is 40.5 Å². The molecule has 9 nitrogen and oxygen atoms in total. The highest BCUT2D eigenvalue weighted by Crippen LogP contribution is 2.29. The maximum Gasteiger partial charge on any atom is 0.319 e. The van der Waals surface area contributed by atoms with Crippen LogP contribution in [0.4, 0.5) is 10.5 Å². The standard InChI is InChI=1S/C33H48Cl2N4O5/c1-21(2)36-33(42)37-26-11-13-30-27(16-26)32(41)39(23(4)20-40)17-22(3)31(43-14-8-7-9-24(5)44-30)19-38(6)18-25-10-12-28(34)29(35)15-25/h10-13,15-16,21-24,31,40H,7-9,14,17-20H2,1-6H3,(H2,36,37,42)/t22-,23+,24-,31-/m1/s1. The van der Waals surface area contributed by atoms with E-state index in [4.69, 9.17) is 32.7 Å². The number of aliphatic hydroxyl groups is 1. The van der Waals surface area contributed by atoms with Gasteiger partial charge in [-0.3, -0.25) is 9.69 Å². The maximum absolute atomic E-state index is 14.2. The lowest BCUT2D eigenvalue weighted by atomic mass is 10.0. The third-order valence-corrected chi connectivity index (χ3v) is 8.40. The van der Waals surface area contributed by atoms with Crippen molar-refractivity contribution in [2.75, 3.05) is 38.7 Å². The lowest BCUT2D eigenvalue weighted by molar-refractivity contribution is -0.0177. The van der Waals surface area contributed by atoms with Gasteiger partial charge < -0.3 is 30.1 Å². The summed E-state index contributed by atoms with van der Waals surface area (Å²) in [5, 5.41) is 16.8. The van der Waals surface area contributed by atoms with E-state index in [9.17, 15) is 14.7 Å². The van der Waals surface area contributed by atoms with Crippen LogP contribution in [-0.2, 0) is 11.3 Å². The molecule has 3 amide bonds. The number of anilines is 1. The van der Waals surface area contributed by atoms with Gasteiger partial charge in [0.1, 0.15) is 5.75 Å². The van der Waals surface area contributed by atoms with Gasteiger partial charge in [-0.25, -0.2) is 4.79 Å².